The van der Waals surface area contributed by atoms with Gasteiger partial charge in [-0.3, -0.25) is 0 Å². The van der Waals surface area contributed by atoms with E-state index in [-0.39, 0.29) is 30.2 Å². The minimum atomic E-state index is 0. The van der Waals surface area contributed by atoms with Crippen LogP contribution >= 0.6 is 24.8 Å². The van der Waals surface area contributed by atoms with Crippen LogP contribution in [0.1, 0.15) is 11.1 Å². The van der Waals surface area contributed by atoms with Crippen LogP contribution < -0.4 is 0 Å². The molecule has 4 heteroatoms. The second-order valence-corrected chi connectivity index (χ2v) is 18.4. The van der Waals surface area contributed by atoms with Gasteiger partial charge in [-0.2, -0.15) is 0 Å². The molecule has 0 radical (unpaired) electrons. The quantitative estimate of drug-likeness (QED) is 0.129. The van der Waals surface area contributed by atoms with Gasteiger partial charge in [0.1, 0.15) is 0 Å². The number of hydrogen-bond donors (Lipinski definition) is 0. The van der Waals surface area contributed by atoms with E-state index in [1.54, 1.807) is 23.3 Å². The molecule has 0 unspecified atom stereocenters. The molecular weight excluding hydrogens is 575 g/mol. The Bertz CT molecular complexity index is 1500. The van der Waals surface area contributed by atoms with Gasteiger partial charge in [0.05, 0.1) is 0 Å². The molecule has 0 amide bonds. The van der Waals surface area contributed by atoms with Gasteiger partial charge in [0.2, 0.25) is 0 Å². The van der Waals surface area contributed by atoms with Crippen molar-refractivity contribution in [3.8, 4) is 11.1 Å². The van der Waals surface area contributed by atoms with Crippen LogP contribution in [0.15, 0.2) is 109 Å². The standard InChI is InChI=1S/C15H13.C15H11.C2H6Si.2ClH.Zr/c1-10-3-5-12-9-13-6-4-11(2)8-15(13)14(12)7-10;1-2-6-12(7-3-1)15-11-10-13-8-4-5-9-14(13)15;1-3-2;;;/h3-9H,1-2H3;1-11H;1-2H3;2*1H;/q2*-1;;;;+2. The Morgan fingerprint density at radius 2 is 1.11 bits per heavy atom. The van der Waals surface area contributed by atoms with Crippen LogP contribution in [0, 0.1) is 13.8 Å². The van der Waals surface area contributed by atoms with E-state index in [4.69, 9.17) is 0 Å². The number of rotatable bonds is 1. The number of aryl methyl sites for hydroxylation is 2. The Kier molecular flexibility index (Phi) is 11.9. The minimum absolute atomic E-state index is 0. The van der Waals surface area contributed by atoms with Crippen LogP contribution in [0.5, 0.6) is 0 Å². The molecule has 0 saturated heterocycles. The van der Waals surface area contributed by atoms with E-state index in [2.05, 4.69) is 136 Å². The molecule has 0 N–H and O–H groups in total. The predicted octanol–water partition coefficient (Wildman–Crippen LogP) is 10.2. The van der Waals surface area contributed by atoms with Crippen molar-refractivity contribution in [2.75, 3.05) is 0 Å². The van der Waals surface area contributed by atoms with Gasteiger partial charge in [-0.1, -0.05) is 77.4 Å². The van der Waals surface area contributed by atoms with Crippen LogP contribution in [0.2, 0.25) is 13.1 Å². The average molecular weight is 607 g/mol. The Labute approximate surface area is 242 Å². The molecule has 6 aromatic rings. The first-order valence-corrected chi connectivity index (χ1v) is 17.9. The van der Waals surface area contributed by atoms with E-state index in [1.807, 2.05) is 0 Å². The molecule has 0 fully saturated rings. The summed E-state index contributed by atoms with van der Waals surface area (Å²) in [6.45, 7) is 8.91. The van der Waals surface area contributed by atoms with Crippen LogP contribution in [0.4, 0.5) is 0 Å². The van der Waals surface area contributed by atoms with Gasteiger partial charge in [-0.15, -0.1) is 111 Å². The van der Waals surface area contributed by atoms with Gasteiger partial charge >= 0.3 is 41.9 Å². The van der Waals surface area contributed by atoms with E-state index in [9.17, 15) is 0 Å². The van der Waals surface area contributed by atoms with Crippen molar-refractivity contribution >= 4 is 62.6 Å². The summed E-state index contributed by atoms with van der Waals surface area (Å²) in [6.07, 6.45) is 0. The third kappa shape index (κ3) is 7.53. The van der Waals surface area contributed by atoms with Crippen molar-refractivity contribution in [2.24, 2.45) is 0 Å². The molecule has 36 heavy (non-hydrogen) atoms. The maximum Gasteiger partial charge on any atom is -0.0410 e. The monoisotopic (exact) mass is 604 g/mol. The third-order valence-corrected chi connectivity index (χ3v) is 5.78. The van der Waals surface area contributed by atoms with Gasteiger partial charge in [0, 0.05) is 0 Å². The summed E-state index contributed by atoms with van der Waals surface area (Å²) < 4.78 is 0. The van der Waals surface area contributed by atoms with Gasteiger partial charge in [0.15, 0.2) is 0 Å². The molecule has 0 heterocycles. The van der Waals surface area contributed by atoms with Crippen LogP contribution in [0.3, 0.4) is 0 Å². The first kappa shape index (κ1) is 30.3. The molecule has 6 aromatic carbocycles. The first-order valence-electron chi connectivity index (χ1n) is 11.7. The third-order valence-electron chi connectivity index (χ3n) is 5.78. The zero-order chi connectivity index (χ0) is 24.1. The summed E-state index contributed by atoms with van der Waals surface area (Å²) in [5, 5.41) is 8.12. The summed E-state index contributed by atoms with van der Waals surface area (Å²) in [4.78, 5) is 0. The molecule has 0 saturated carbocycles. The summed E-state index contributed by atoms with van der Waals surface area (Å²) in [5.74, 6) is 0. The van der Waals surface area contributed by atoms with E-state index in [0.29, 0.717) is 0 Å². The largest absolute Gasteiger partial charge is 0.150 e. The van der Waals surface area contributed by atoms with Crippen molar-refractivity contribution in [1.29, 1.82) is 0 Å². The number of halogens is 2. The van der Waals surface area contributed by atoms with Gasteiger partial charge in [-0.25, -0.2) is 0 Å². The average Bonchev–Trinajstić information content (AvgIpc) is 3.41. The molecule has 6 rings (SSSR count). The number of fused-ring (bicyclic) bond motifs is 4. The van der Waals surface area contributed by atoms with Gasteiger partial charge in [0.25, 0.3) is 0 Å². The first-order chi connectivity index (χ1) is 16.4. The van der Waals surface area contributed by atoms with Gasteiger partial charge < -0.3 is 0 Å². The molecule has 0 spiro atoms. The zero-order valence-corrected chi connectivity index (χ0v) is 26.3. The molecule has 0 nitrogen and oxygen atoms in total. The summed E-state index contributed by atoms with van der Waals surface area (Å²) in [5.41, 5.74) is 5.49. The molecule has 0 aliphatic heterocycles. The van der Waals surface area contributed by atoms with E-state index in [0.717, 1.165) is 0 Å². The Hall–Kier alpha value is -1.96. The topological polar surface area (TPSA) is 0 Å². The van der Waals surface area contributed by atoms with Crippen molar-refractivity contribution in [3.63, 3.8) is 0 Å². The fourth-order valence-electron chi connectivity index (χ4n) is 4.25. The fraction of sp³-hybridized carbons (Fsp3) is 0.125. The molecule has 0 aromatic heterocycles. The maximum atomic E-state index is 2.31. The van der Waals surface area contributed by atoms with Crippen LogP contribution in [-0.4, -0.2) is 5.43 Å². The molecule has 0 aliphatic carbocycles. The minimum Gasteiger partial charge on any atom is -0.150 e. The van der Waals surface area contributed by atoms with Crippen molar-refractivity contribution in [2.45, 2.75) is 26.9 Å². The van der Waals surface area contributed by atoms with E-state index >= 15 is 0 Å². The number of benzene rings is 4. The zero-order valence-electron chi connectivity index (χ0n) is 21.2. The molecular formula is C32H32Cl2SiZr. The Morgan fingerprint density at radius 3 is 1.67 bits per heavy atom. The van der Waals surface area contributed by atoms with Gasteiger partial charge in [-0.05, 0) is 13.8 Å². The van der Waals surface area contributed by atoms with Crippen molar-refractivity contribution in [1.82, 2.24) is 0 Å². The summed E-state index contributed by atoms with van der Waals surface area (Å²) in [7, 11) is 0. The molecule has 182 valence electrons. The second-order valence-electron chi connectivity index (χ2n) is 9.03. The summed E-state index contributed by atoms with van der Waals surface area (Å²) in [6, 6.07) is 39.0. The Balaban J connectivity index is 0.000000211. The smallest absolute Gasteiger partial charge is 0.0410 e. The molecule has 0 atom stereocenters. The van der Waals surface area contributed by atoms with Crippen molar-refractivity contribution < 1.29 is 23.3 Å². The normalized spacial score (nSPS) is 9.94. The van der Waals surface area contributed by atoms with Crippen molar-refractivity contribution in [3.05, 3.63) is 120 Å². The predicted molar refractivity (Wildman–Crippen MR) is 163 cm³/mol. The molecule has 0 aliphatic rings. The molecule has 0 bridgehead atoms. The maximum absolute atomic E-state index is 2.31. The van der Waals surface area contributed by atoms with Crippen LogP contribution in [-0.2, 0) is 23.3 Å². The van der Waals surface area contributed by atoms with E-state index in [1.165, 1.54) is 54.6 Å². The second kappa shape index (κ2) is 14.1. The van der Waals surface area contributed by atoms with Crippen LogP contribution in [0.25, 0.3) is 43.4 Å². The SMILES string of the molecule is C[Si](C)=[Zr+2].Cc1ccc2[cH-]c3ccc(C)cc3c2c1.Cl.Cl.c1ccc(-c2c[cH-]c3ccccc23)cc1. The Morgan fingerprint density at radius 1 is 0.611 bits per heavy atom. The fourth-order valence-corrected chi connectivity index (χ4v) is 4.25. The van der Waals surface area contributed by atoms with E-state index < -0.39 is 0 Å². The number of hydrogen-bond acceptors (Lipinski definition) is 0. The summed E-state index contributed by atoms with van der Waals surface area (Å²) >= 11 is 1.74.